The van der Waals surface area contributed by atoms with Crippen molar-refractivity contribution in [2.45, 2.75) is 6.54 Å². The molecule has 0 spiro atoms. The number of hydrogen-bond donors (Lipinski definition) is 1. The molecule has 1 aromatic heterocycles. The van der Waals surface area contributed by atoms with Crippen molar-refractivity contribution in [3.8, 4) is 11.5 Å². The molecular weight excluding hydrogens is 378 g/mol. The molecule has 0 bridgehead atoms. The van der Waals surface area contributed by atoms with Crippen LogP contribution in [0.4, 0.5) is 5.82 Å². The molecule has 1 heterocycles. The van der Waals surface area contributed by atoms with Crippen LogP contribution in [-0.4, -0.2) is 29.9 Å². The Hall–Kier alpha value is -3.25. The summed E-state index contributed by atoms with van der Waals surface area (Å²) >= 11 is 5.86. The number of methoxy groups -OCH3 is 2. The van der Waals surface area contributed by atoms with Crippen LogP contribution in [0.5, 0.6) is 11.5 Å². The molecule has 0 aliphatic rings. The topological polar surface area (TPSA) is 65.4 Å². The van der Waals surface area contributed by atoms with Crippen molar-refractivity contribution in [1.82, 2.24) is 9.78 Å². The van der Waals surface area contributed by atoms with Crippen LogP contribution in [0.2, 0.25) is 5.02 Å². The van der Waals surface area contributed by atoms with E-state index < -0.39 is 0 Å². The van der Waals surface area contributed by atoms with Gasteiger partial charge in [0.1, 0.15) is 17.3 Å². The summed E-state index contributed by atoms with van der Waals surface area (Å²) in [5.74, 6) is 1.73. The van der Waals surface area contributed by atoms with Crippen LogP contribution in [0.3, 0.4) is 0 Å². The molecule has 1 N–H and O–H groups in total. The van der Waals surface area contributed by atoms with Crippen LogP contribution in [-0.2, 0) is 11.3 Å². The van der Waals surface area contributed by atoms with E-state index in [-0.39, 0.29) is 5.91 Å². The fraction of sp³-hybridized carbons (Fsp3) is 0.143. The third-order valence-electron chi connectivity index (χ3n) is 4.08. The minimum atomic E-state index is -0.251. The smallest absolute Gasteiger partial charge is 0.249 e. The molecule has 0 aliphatic heterocycles. The van der Waals surface area contributed by atoms with Crippen LogP contribution in [0.25, 0.3) is 6.08 Å². The van der Waals surface area contributed by atoms with E-state index >= 15 is 0 Å². The lowest BCUT2D eigenvalue weighted by Crippen LogP contribution is -2.14. The lowest BCUT2D eigenvalue weighted by atomic mass is 10.2. The average Bonchev–Trinajstić information content (AvgIpc) is 3.14. The molecule has 0 atom stereocenters. The van der Waals surface area contributed by atoms with E-state index in [4.69, 9.17) is 21.1 Å². The van der Waals surface area contributed by atoms with Gasteiger partial charge in [-0.1, -0.05) is 23.7 Å². The zero-order valence-electron chi connectivity index (χ0n) is 15.6. The second-order valence-electron chi connectivity index (χ2n) is 5.93. The maximum Gasteiger partial charge on any atom is 0.249 e. The largest absolute Gasteiger partial charge is 0.497 e. The number of carbonyl (C=O) groups excluding carboxylic acids is 1. The molecule has 0 unspecified atom stereocenters. The second kappa shape index (κ2) is 9.10. The van der Waals surface area contributed by atoms with Crippen molar-refractivity contribution < 1.29 is 14.3 Å². The number of nitrogens with zero attached hydrogens (tertiary/aromatic N) is 2. The minimum Gasteiger partial charge on any atom is -0.497 e. The lowest BCUT2D eigenvalue weighted by Gasteiger charge is -2.12. The standard InChI is InChI=1S/C21H20ClN3O3/c1-27-18-9-6-16(19(13-18)28-2)14-25-20(11-12-23-25)24-21(26)10-5-15-3-7-17(22)8-4-15/h3-13H,14H2,1-2H3,(H,24,26)/b10-5+. The van der Waals surface area contributed by atoms with Gasteiger partial charge >= 0.3 is 0 Å². The van der Waals surface area contributed by atoms with Gasteiger partial charge in [-0.25, -0.2) is 4.68 Å². The van der Waals surface area contributed by atoms with Gasteiger partial charge in [0, 0.05) is 28.8 Å². The number of anilines is 1. The van der Waals surface area contributed by atoms with Crippen molar-refractivity contribution in [2.75, 3.05) is 19.5 Å². The van der Waals surface area contributed by atoms with Crippen molar-refractivity contribution in [2.24, 2.45) is 0 Å². The molecule has 144 valence electrons. The first-order valence-electron chi connectivity index (χ1n) is 8.56. The number of rotatable bonds is 7. The molecule has 6 nitrogen and oxygen atoms in total. The molecule has 2 aromatic carbocycles. The Morgan fingerprint density at radius 3 is 2.64 bits per heavy atom. The highest BCUT2D eigenvalue weighted by Gasteiger charge is 2.10. The third kappa shape index (κ3) is 4.92. The Balaban J connectivity index is 1.70. The summed E-state index contributed by atoms with van der Waals surface area (Å²) in [5, 5.41) is 7.77. The Bertz CT molecular complexity index is 981. The quantitative estimate of drug-likeness (QED) is 0.605. The number of ether oxygens (including phenoxy) is 2. The molecule has 7 heteroatoms. The van der Waals surface area contributed by atoms with Gasteiger partial charge in [-0.2, -0.15) is 5.10 Å². The van der Waals surface area contributed by atoms with Gasteiger partial charge in [-0.3, -0.25) is 4.79 Å². The molecule has 3 rings (SSSR count). The highest BCUT2D eigenvalue weighted by atomic mass is 35.5. The number of carbonyl (C=O) groups is 1. The fourth-order valence-corrected chi connectivity index (χ4v) is 2.75. The third-order valence-corrected chi connectivity index (χ3v) is 4.33. The van der Waals surface area contributed by atoms with E-state index in [9.17, 15) is 4.79 Å². The second-order valence-corrected chi connectivity index (χ2v) is 6.36. The summed E-state index contributed by atoms with van der Waals surface area (Å²) in [6, 6.07) is 14.5. The zero-order valence-corrected chi connectivity index (χ0v) is 16.3. The first kappa shape index (κ1) is 19.5. The number of nitrogens with one attached hydrogen (secondary N) is 1. The van der Waals surface area contributed by atoms with E-state index in [1.54, 1.807) is 49.4 Å². The van der Waals surface area contributed by atoms with E-state index in [0.717, 1.165) is 11.1 Å². The van der Waals surface area contributed by atoms with Crippen LogP contribution in [0.1, 0.15) is 11.1 Å². The number of benzene rings is 2. The van der Waals surface area contributed by atoms with Crippen molar-refractivity contribution in [1.29, 1.82) is 0 Å². The molecule has 0 saturated heterocycles. The summed E-state index contributed by atoms with van der Waals surface area (Å²) in [7, 11) is 3.21. The number of amides is 1. The highest BCUT2D eigenvalue weighted by molar-refractivity contribution is 6.30. The van der Waals surface area contributed by atoms with Crippen LogP contribution >= 0.6 is 11.6 Å². The van der Waals surface area contributed by atoms with Crippen molar-refractivity contribution in [3.05, 3.63) is 77.0 Å². The maximum absolute atomic E-state index is 12.3. The van der Waals surface area contributed by atoms with Gasteiger partial charge in [-0.05, 0) is 35.9 Å². The highest BCUT2D eigenvalue weighted by Crippen LogP contribution is 2.26. The summed E-state index contributed by atoms with van der Waals surface area (Å²) < 4.78 is 12.3. The molecule has 28 heavy (non-hydrogen) atoms. The van der Waals surface area contributed by atoms with Gasteiger partial charge in [0.15, 0.2) is 0 Å². The molecule has 0 aliphatic carbocycles. The summed E-state index contributed by atoms with van der Waals surface area (Å²) in [4.78, 5) is 12.3. The van der Waals surface area contributed by atoms with Gasteiger partial charge in [0.25, 0.3) is 0 Å². The predicted molar refractivity (Wildman–Crippen MR) is 110 cm³/mol. The maximum atomic E-state index is 12.3. The monoisotopic (exact) mass is 397 g/mol. The molecule has 0 radical (unpaired) electrons. The lowest BCUT2D eigenvalue weighted by molar-refractivity contribution is -0.111. The molecule has 0 saturated carbocycles. The zero-order chi connectivity index (χ0) is 19.9. The molecule has 1 amide bonds. The van der Waals surface area contributed by atoms with Crippen molar-refractivity contribution >= 4 is 29.4 Å². The molecular formula is C21H20ClN3O3. The van der Waals surface area contributed by atoms with Gasteiger partial charge in [0.05, 0.1) is 27.0 Å². The van der Waals surface area contributed by atoms with E-state index in [0.29, 0.717) is 28.9 Å². The van der Waals surface area contributed by atoms with E-state index in [1.807, 2.05) is 30.3 Å². The Morgan fingerprint density at radius 2 is 1.93 bits per heavy atom. The van der Waals surface area contributed by atoms with Gasteiger partial charge in [-0.15, -0.1) is 0 Å². The van der Waals surface area contributed by atoms with E-state index in [1.165, 1.54) is 6.08 Å². The van der Waals surface area contributed by atoms with Crippen molar-refractivity contribution in [3.63, 3.8) is 0 Å². The number of hydrogen-bond acceptors (Lipinski definition) is 4. The van der Waals surface area contributed by atoms with E-state index in [2.05, 4.69) is 10.4 Å². The van der Waals surface area contributed by atoms with Crippen LogP contribution in [0, 0.1) is 0 Å². The predicted octanol–water partition coefficient (Wildman–Crippen LogP) is 4.25. The minimum absolute atomic E-state index is 0.251. The van der Waals surface area contributed by atoms with Gasteiger partial charge < -0.3 is 14.8 Å². The number of aromatic nitrogens is 2. The van der Waals surface area contributed by atoms with Crippen LogP contribution in [0.15, 0.2) is 60.8 Å². The molecule has 0 fully saturated rings. The Labute approximate surface area is 168 Å². The molecule has 3 aromatic rings. The number of halogens is 1. The van der Waals surface area contributed by atoms with Gasteiger partial charge in [0.2, 0.25) is 5.91 Å². The first-order chi connectivity index (χ1) is 13.6. The summed E-state index contributed by atoms with van der Waals surface area (Å²) in [6.07, 6.45) is 4.82. The Morgan fingerprint density at radius 1 is 1.14 bits per heavy atom. The fourth-order valence-electron chi connectivity index (χ4n) is 2.62. The van der Waals surface area contributed by atoms with Crippen LogP contribution < -0.4 is 14.8 Å². The SMILES string of the molecule is COc1ccc(Cn2nccc2NC(=O)/C=C/c2ccc(Cl)cc2)c(OC)c1. The first-order valence-corrected chi connectivity index (χ1v) is 8.94. The summed E-state index contributed by atoms with van der Waals surface area (Å²) in [5.41, 5.74) is 1.80. The summed E-state index contributed by atoms with van der Waals surface area (Å²) in [6.45, 7) is 0.441. The Kier molecular flexibility index (Phi) is 6.34. The average molecular weight is 398 g/mol. The normalized spacial score (nSPS) is 10.8.